The first-order chi connectivity index (χ1) is 16.1. The van der Waals surface area contributed by atoms with Crippen molar-refractivity contribution in [3.05, 3.63) is 81.2 Å². The largest absolute Gasteiger partial charge is 0.281 e. The van der Waals surface area contributed by atoms with E-state index in [0.29, 0.717) is 10.2 Å². The van der Waals surface area contributed by atoms with Crippen molar-refractivity contribution in [2.45, 2.75) is 25.7 Å². The summed E-state index contributed by atoms with van der Waals surface area (Å²) in [7, 11) is -2.56. The van der Waals surface area contributed by atoms with Crippen molar-refractivity contribution in [3.63, 3.8) is 0 Å². The Balaban J connectivity index is 1.60. The van der Waals surface area contributed by atoms with Crippen molar-refractivity contribution < 1.29 is 13.2 Å². The summed E-state index contributed by atoms with van der Waals surface area (Å²) < 4.78 is 27.7. The summed E-state index contributed by atoms with van der Waals surface area (Å²) in [4.78, 5) is 31.8. The van der Waals surface area contributed by atoms with Crippen LogP contribution in [-0.4, -0.2) is 41.9 Å². The zero-order valence-electron chi connectivity index (χ0n) is 19.2. The van der Waals surface area contributed by atoms with Crippen LogP contribution >= 0.6 is 11.3 Å². The second-order valence-electron chi connectivity index (χ2n) is 8.04. The molecule has 2 aromatic heterocycles. The number of fused-ring (bicyclic) bond motifs is 1. The maximum atomic E-state index is 13.2. The number of nitrogens with one attached hydrogen (secondary N) is 1. The fraction of sp³-hybridized carbons (Fsp3) is 0.208. The SMILES string of the molecule is Cc1ccc(S(=O)(=O)N(C)CC(=O)Nn2cnc3sc(C)c(-c4ccccc4)c3c2=O)cc1C. The fourth-order valence-corrected chi connectivity index (χ4v) is 5.86. The Hall–Kier alpha value is -3.34. The smallest absolute Gasteiger partial charge is 0.272 e. The Morgan fingerprint density at radius 3 is 2.47 bits per heavy atom. The number of hydrogen-bond donors (Lipinski definition) is 1. The third-order valence-corrected chi connectivity index (χ3v) is 8.46. The Morgan fingerprint density at radius 2 is 1.79 bits per heavy atom. The molecule has 0 atom stereocenters. The van der Waals surface area contributed by atoms with Crippen molar-refractivity contribution in [1.29, 1.82) is 0 Å². The Bertz CT molecular complexity index is 1560. The number of carbonyl (C=O) groups is 1. The molecule has 0 saturated carbocycles. The van der Waals surface area contributed by atoms with E-state index in [4.69, 9.17) is 0 Å². The van der Waals surface area contributed by atoms with Crippen molar-refractivity contribution >= 4 is 37.5 Å². The van der Waals surface area contributed by atoms with Crippen LogP contribution in [-0.2, 0) is 14.8 Å². The molecule has 34 heavy (non-hydrogen) atoms. The quantitative estimate of drug-likeness (QED) is 0.441. The van der Waals surface area contributed by atoms with Crippen molar-refractivity contribution in [3.8, 4) is 11.1 Å². The highest BCUT2D eigenvalue weighted by Crippen LogP contribution is 2.35. The van der Waals surface area contributed by atoms with E-state index in [1.54, 1.807) is 12.1 Å². The molecule has 176 valence electrons. The van der Waals surface area contributed by atoms with Crippen LogP contribution < -0.4 is 11.0 Å². The van der Waals surface area contributed by atoms with E-state index < -0.39 is 28.0 Å². The lowest BCUT2D eigenvalue weighted by atomic mass is 10.0. The minimum absolute atomic E-state index is 0.104. The zero-order chi connectivity index (χ0) is 24.6. The van der Waals surface area contributed by atoms with Gasteiger partial charge < -0.3 is 0 Å². The normalized spacial score (nSPS) is 11.8. The summed E-state index contributed by atoms with van der Waals surface area (Å²) in [5.41, 5.74) is 5.50. The van der Waals surface area contributed by atoms with E-state index in [9.17, 15) is 18.0 Å². The molecule has 0 spiro atoms. The topological polar surface area (TPSA) is 101 Å². The predicted molar refractivity (Wildman–Crippen MR) is 134 cm³/mol. The number of aryl methyl sites for hydroxylation is 3. The second-order valence-corrected chi connectivity index (χ2v) is 11.3. The molecular formula is C24H24N4O4S2. The third-order valence-electron chi connectivity index (χ3n) is 5.65. The number of carbonyl (C=O) groups excluding carboxylic acids is 1. The predicted octanol–water partition coefficient (Wildman–Crippen LogP) is 3.44. The monoisotopic (exact) mass is 496 g/mol. The first kappa shape index (κ1) is 23.8. The number of rotatable bonds is 6. The molecule has 0 aliphatic rings. The molecule has 8 nitrogen and oxygen atoms in total. The van der Waals surface area contributed by atoms with Gasteiger partial charge in [0, 0.05) is 17.5 Å². The van der Waals surface area contributed by atoms with E-state index in [1.165, 1.54) is 30.8 Å². The molecule has 0 fully saturated rings. The van der Waals surface area contributed by atoms with Gasteiger partial charge in [-0.15, -0.1) is 11.3 Å². The number of hydrogen-bond acceptors (Lipinski definition) is 6. The van der Waals surface area contributed by atoms with Crippen LogP contribution in [0, 0.1) is 20.8 Å². The Labute approximate surface area is 201 Å². The van der Waals surface area contributed by atoms with Gasteiger partial charge in [-0.3, -0.25) is 15.0 Å². The molecule has 0 aliphatic carbocycles. The molecule has 4 rings (SSSR count). The standard InChI is InChI=1S/C24H24N4O4S2/c1-15-10-11-19(12-16(15)2)34(31,32)27(4)13-20(29)26-28-14-25-23-22(24(28)30)21(17(3)33-23)18-8-6-5-7-9-18/h5-12,14H,13H2,1-4H3,(H,26,29). The van der Waals surface area contributed by atoms with E-state index >= 15 is 0 Å². The molecule has 1 amide bonds. The number of benzene rings is 2. The molecule has 4 aromatic rings. The van der Waals surface area contributed by atoms with Crippen LogP contribution in [0.1, 0.15) is 16.0 Å². The molecule has 0 bridgehead atoms. The van der Waals surface area contributed by atoms with Crippen LogP contribution in [0.2, 0.25) is 0 Å². The van der Waals surface area contributed by atoms with Gasteiger partial charge >= 0.3 is 0 Å². The summed E-state index contributed by atoms with van der Waals surface area (Å²) in [6.45, 7) is 5.17. The molecule has 0 radical (unpaired) electrons. The molecule has 0 unspecified atom stereocenters. The summed E-state index contributed by atoms with van der Waals surface area (Å²) >= 11 is 1.40. The maximum Gasteiger partial charge on any atom is 0.281 e. The minimum Gasteiger partial charge on any atom is -0.272 e. The van der Waals surface area contributed by atoms with Crippen LogP contribution in [0.4, 0.5) is 0 Å². The third kappa shape index (κ3) is 4.39. The van der Waals surface area contributed by atoms with Gasteiger partial charge in [-0.25, -0.2) is 18.1 Å². The van der Waals surface area contributed by atoms with Crippen LogP contribution in [0.25, 0.3) is 21.3 Å². The molecular weight excluding hydrogens is 472 g/mol. The lowest BCUT2D eigenvalue weighted by Crippen LogP contribution is -2.40. The molecule has 0 saturated heterocycles. The Morgan fingerprint density at radius 1 is 1.09 bits per heavy atom. The summed E-state index contributed by atoms with van der Waals surface area (Å²) in [5, 5.41) is 0.410. The molecule has 1 N–H and O–H groups in total. The second kappa shape index (κ2) is 9.13. The number of thiophene rings is 1. The van der Waals surface area contributed by atoms with Gasteiger partial charge in [-0.05, 0) is 49.6 Å². The summed E-state index contributed by atoms with van der Waals surface area (Å²) in [6, 6.07) is 14.3. The van der Waals surface area contributed by atoms with Gasteiger partial charge in [0.25, 0.3) is 11.5 Å². The number of aromatic nitrogens is 2. The molecule has 2 aromatic carbocycles. The van der Waals surface area contributed by atoms with Gasteiger partial charge in [0.1, 0.15) is 11.2 Å². The molecule has 0 aliphatic heterocycles. The first-order valence-corrected chi connectivity index (χ1v) is 12.7. The lowest BCUT2D eigenvalue weighted by Gasteiger charge is -2.18. The van der Waals surface area contributed by atoms with Gasteiger partial charge in [-0.1, -0.05) is 36.4 Å². The highest BCUT2D eigenvalue weighted by molar-refractivity contribution is 7.89. The van der Waals surface area contributed by atoms with E-state index in [1.807, 2.05) is 51.1 Å². The zero-order valence-corrected chi connectivity index (χ0v) is 20.8. The van der Waals surface area contributed by atoms with Gasteiger partial charge in [0.05, 0.1) is 16.8 Å². The summed E-state index contributed by atoms with van der Waals surface area (Å²) in [6.07, 6.45) is 1.24. The fourth-order valence-electron chi connectivity index (χ4n) is 3.65. The van der Waals surface area contributed by atoms with E-state index in [-0.39, 0.29) is 4.90 Å². The number of amides is 1. The Kier molecular flexibility index (Phi) is 6.39. The average molecular weight is 497 g/mol. The average Bonchev–Trinajstić information content (AvgIpc) is 3.14. The van der Waals surface area contributed by atoms with Gasteiger partial charge in [-0.2, -0.15) is 4.31 Å². The highest BCUT2D eigenvalue weighted by Gasteiger charge is 2.24. The molecule has 10 heteroatoms. The maximum absolute atomic E-state index is 13.2. The lowest BCUT2D eigenvalue weighted by molar-refractivity contribution is -0.117. The number of sulfonamides is 1. The summed E-state index contributed by atoms with van der Waals surface area (Å²) in [5.74, 6) is -0.661. The van der Waals surface area contributed by atoms with Crippen LogP contribution in [0.5, 0.6) is 0 Å². The number of nitrogens with zero attached hydrogens (tertiary/aromatic N) is 3. The highest BCUT2D eigenvalue weighted by atomic mass is 32.2. The molecule has 2 heterocycles. The van der Waals surface area contributed by atoms with E-state index in [2.05, 4.69) is 10.4 Å². The van der Waals surface area contributed by atoms with Crippen LogP contribution in [0.3, 0.4) is 0 Å². The van der Waals surface area contributed by atoms with Crippen molar-refractivity contribution in [1.82, 2.24) is 14.0 Å². The first-order valence-electron chi connectivity index (χ1n) is 10.5. The van der Waals surface area contributed by atoms with Crippen molar-refractivity contribution in [2.24, 2.45) is 0 Å². The van der Waals surface area contributed by atoms with Gasteiger partial charge in [0.15, 0.2) is 0 Å². The number of likely N-dealkylation sites (N-methyl/N-ethyl adjacent to an activating group) is 1. The minimum atomic E-state index is -3.88. The van der Waals surface area contributed by atoms with Crippen LogP contribution in [0.15, 0.2) is 64.5 Å². The van der Waals surface area contributed by atoms with Gasteiger partial charge in [0.2, 0.25) is 10.0 Å². The van der Waals surface area contributed by atoms with E-state index in [0.717, 1.165) is 36.1 Å². The van der Waals surface area contributed by atoms with Crippen molar-refractivity contribution in [2.75, 3.05) is 19.0 Å².